The maximum absolute atomic E-state index is 7.50. The van der Waals surface area contributed by atoms with Crippen LogP contribution in [0.25, 0.3) is 0 Å². The number of hydrogen-bond acceptors (Lipinski definition) is 2. The monoisotopic (exact) mass is 232 g/mol. The van der Waals surface area contributed by atoms with Gasteiger partial charge in [-0.15, -0.1) is 0 Å². The summed E-state index contributed by atoms with van der Waals surface area (Å²) in [6, 6.07) is 7.52. The van der Waals surface area contributed by atoms with E-state index in [-0.39, 0.29) is 5.84 Å². The van der Waals surface area contributed by atoms with Gasteiger partial charge in [0.25, 0.3) is 0 Å². The van der Waals surface area contributed by atoms with Crippen LogP contribution in [0.4, 0.5) is 0 Å². The second-order valence-corrected chi connectivity index (χ2v) is 4.72. The van der Waals surface area contributed by atoms with E-state index < -0.39 is 0 Å². The van der Waals surface area contributed by atoms with Crippen LogP contribution >= 0.6 is 0 Å². The third-order valence-corrected chi connectivity index (χ3v) is 3.38. The highest BCUT2D eigenvalue weighted by Crippen LogP contribution is 2.25. The van der Waals surface area contributed by atoms with Crippen molar-refractivity contribution in [3.05, 3.63) is 29.8 Å². The quantitative estimate of drug-likeness (QED) is 0.619. The third-order valence-electron chi connectivity index (χ3n) is 3.38. The highest BCUT2D eigenvalue weighted by Gasteiger charge is 2.15. The minimum absolute atomic E-state index is 0.0734. The first-order valence-corrected chi connectivity index (χ1v) is 6.33. The Kier molecular flexibility index (Phi) is 4.02. The summed E-state index contributed by atoms with van der Waals surface area (Å²) in [7, 11) is 0. The Hall–Kier alpha value is -1.51. The molecule has 3 nitrogen and oxygen atoms in total. The maximum Gasteiger partial charge on any atom is 0.130 e. The number of benzene rings is 1. The lowest BCUT2D eigenvalue weighted by atomic mass is 9.90. The largest absolute Gasteiger partial charge is 0.493 e. The predicted octanol–water partition coefficient (Wildman–Crippen LogP) is 2.93. The fraction of sp³-hybridized carbons (Fsp3) is 0.500. The van der Waals surface area contributed by atoms with Crippen LogP contribution in [0.2, 0.25) is 0 Å². The molecule has 0 bridgehead atoms. The molecule has 3 heteroatoms. The lowest BCUT2D eigenvalue weighted by molar-refractivity contribution is 0.208. The van der Waals surface area contributed by atoms with Crippen molar-refractivity contribution in [2.75, 3.05) is 6.61 Å². The minimum Gasteiger partial charge on any atom is -0.493 e. The van der Waals surface area contributed by atoms with Gasteiger partial charge in [0.1, 0.15) is 11.6 Å². The molecule has 1 aromatic rings. The zero-order chi connectivity index (χ0) is 12.1. The van der Waals surface area contributed by atoms with Crippen molar-refractivity contribution < 1.29 is 4.74 Å². The Labute approximate surface area is 102 Å². The van der Waals surface area contributed by atoms with Crippen molar-refractivity contribution in [2.24, 2.45) is 11.7 Å². The molecule has 0 saturated heterocycles. The summed E-state index contributed by atoms with van der Waals surface area (Å²) in [4.78, 5) is 0. The number of amidine groups is 1. The van der Waals surface area contributed by atoms with Crippen LogP contribution < -0.4 is 10.5 Å². The molecule has 0 amide bonds. The molecule has 0 atom stereocenters. The predicted molar refractivity (Wildman–Crippen MR) is 69.5 cm³/mol. The molecule has 0 heterocycles. The molecule has 0 unspecified atom stereocenters. The summed E-state index contributed by atoms with van der Waals surface area (Å²) >= 11 is 0. The highest BCUT2D eigenvalue weighted by molar-refractivity contribution is 5.97. The molecule has 3 N–H and O–H groups in total. The number of para-hydroxylation sites is 1. The number of nitrogen functional groups attached to an aromatic ring is 1. The van der Waals surface area contributed by atoms with Gasteiger partial charge in [0.05, 0.1) is 12.2 Å². The first kappa shape index (κ1) is 12.0. The van der Waals surface area contributed by atoms with Crippen LogP contribution in [0.1, 0.15) is 37.7 Å². The molecule has 0 aliphatic heterocycles. The third kappa shape index (κ3) is 3.22. The summed E-state index contributed by atoms with van der Waals surface area (Å²) in [5.41, 5.74) is 6.22. The van der Waals surface area contributed by atoms with E-state index in [2.05, 4.69) is 0 Å². The normalized spacial score (nSPS) is 16.7. The van der Waals surface area contributed by atoms with Gasteiger partial charge in [0, 0.05) is 0 Å². The second-order valence-electron chi connectivity index (χ2n) is 4.72. The fourth-order valence-electron chi connectivity index (χ4n) is 2.38. The van der Waals surface area contributed by atoms with Gasteiger partial charge >= 0.3 is 0 Å². The number of nitrogens with one attached hydrogen (secondary N) is 1. The molecule has 2 rings (SSSR count). The second kappa shape index (κ2) is 5.71. The Bertz CT molecular complexity index is 384. The summed E-state index contributed by atoms with van der Waals surface area (Å²) in [5, 5.41) is 7.50. The summed E-state index contributed by atoms with van der Waals surface area (Å²) in [5.74, 6) is 1.48. The van der Waals surface area contributed by atoms with Crippen molar-refractivity contribution >= 4 is 5.84 Å². The van der Waals surface area contributed by atoms with Crippen LogP contribution in [0.5, 0.6) is 5.75 Å². The molecule has 1 fully saturated rings. The van der Waals surface area contributed by atoms with E-state index in [1.165, 1.54) is 32.1 Å². The number of rotatable bonds is 4. The number of ether oxygens (including phenoxy) is 1. The van der Waals surface area contributed by atoms with Gasteiger partial charge in [-0.2, -0.15) is 0 Å². The van der Waals surface area contributed by atoms with Crippen LogP contribution in [0.15, 0.2) is 24.3 Å². The Morgan fingerprint density at radius 1 is 1.24 bits per heavy atom. The molecule has 17 heavy (non-hydrogen) atoms. The highest BCUT2D eigenvalue weighted by atomic mass is 16.5. The van der Waals surface area contributed by atoms with Gasteiger partial charge in [0.15, 0.2) is 0 Å². The molecule has 0 radical (unpaired) electrons. The van der Waals surface area contributed by atoms with Crippen molar-refractivity contribution in [3.63, 3.8) is 0 Å². The van der Waals surface area contributed by atoms with Gasteiger partial charge in [-0.3, -0.25) is 5.41 Å². The van der Waals surface area contributed by atoms with E-state index in [9.17, 15) is 0 Å². The molecular weight excluding hydrogens is 212 g/mol. The van der Waals surface area contributed by atoms with E-state index >= 15 is 0 Å². The maximum atomic E-state index is 7.50. The smallest absolute Gasteiger partial charge is 0.130 e. The van der Waals surface area contributed by atoms with E-state index in [4.69, 9.17) is 15.9 Å². The Morgan fingerprint density at radius 2 is 1.94 bits per heavy atom. The molecule has 1 aromatic carbocycles. The zero-order valence-corrected chi connectivity index (χ0v) is 10.1. The van der Waals surface area contributed by atoms with Crippen LogP contribution in [0, 0.1) is 11.3 Å². The molecule has 92 valence electrons. The van der Waals surface area contributed by atoms with Crippen molar-refractivity contribution in [1.29, 1.82) is 5.41 Å². The average Bonchev–Trinajstić information content (AvgIpc) is 2.38. The molecule has 0 aromatic heterocycles. The van der Waals surface area contributed by atoms with Gasteiger partial charge in [0.2, 0.25) is 0 Å². The minimum atomic E-state index is 0.0734. The summed E-state index contributed by atoms with van der Waals surface area (Å²) < 4.78 is 5.82. The van der Waals surface area contributed by atoms with Crippen LogP contribution in [-0.4, -0.2) is 12.4 Å². The van der Waals surface area contributed by atoms with Gasteiger partial charge in [-0.05, 0) is 30.9 Å². The summed E-state index contributed by atoms with van der Waals surface area (Å²) in [6.07, 6.45) is 6.54. The average molecular weight is 232 g/mol. The molecule has 0 spiro atoms. The molecule has 1 aliphatic rings. The zero-order valence-electron chi connectivity index (χ0n) is 10.1. The van der Waals surface area contributed by atoms with Crippen LogP contribution in [0.3, 0.4) is 0 Å². The van der Waals surface area contributed by atoms with Crippen molar-refractivity contribution in [1.82, 2.24) is 0 Å². The Morgan fingerprint density at radius 3 is 2.65 bits per heavy atom. The molecular formula is C14H20N2O. The lowest BCUT2D eigenvalue weighted by Crippen LogP contribution is -2.18. The molecule has 1 saturated carbocycles. The fourth-order valence-corrected chi connectivity index (χ4v) is 2.38. The van der Waals surface area contributed by atoms with Gasteiger partial charge < -0.3 is 10.5 Å². The summed E-state index contributed by atoms with van der Waals surface area (Å²) in [6.45, 7) is 0.754. The van der Waals surface area contributed by atoms with Crippen molar-refractivity contribution in [3.8, 4) is 5.75 Å². The Balaban J connectivity index is 1.96. The van der Waals surface area contributed by atoms with Gasteiger partial charge in [-0.25, -0.2) is 0 Å². The van der Waals surface area contributed by atoms with Crippen molar-refractivity contribution in [2.45, 2.75) is 32.1 Å². The lowest BCUT2D eigenvalue weighted by Gasteiger charge is -2.22. The number of nitrogens with two attached hydrogens (primary N) is 1. The molecule has 1 aliphatic carbocycles. The number of hydrogen-bond donors (Lipinski definition) is 2. The standard InChI is InChI=1S/C14H20N2O/c15-14(16)12-8-4-5-9-13(12)17-10-11-6-2-1-3-7-11/h4-5,8-9,11H,1-3,6-7,10H2,(H3,15,16). The SMILES string of the molecule is N=C(N)c1ccccc1OCC1CCCCC1. The van der Waals surface area contributed by atoms with E-state index in [1.807, 2.05) is 24.3 Å². The first-order chi connectivity index (χ1) is 8.27. The van der Waals surface area contributed by atoms with Gasteiger partial charge in [-0.1, -0.05) is 31.4 Å². The first-order valence-electron chi connectivity index (χ1n) is 6.33. The van der Waals surface area contributed by atoms with Crippen LogP contribution in [-0.2, 0) is 0 Å². The van der Waals surface area contributed by atoms with E-state index in [0.29, 0.717) is 11.5 Å². The van der Waals surface area contributed by atoms with E-state index in [0.717, 1.165) is 12.4 Å². The topological polar surface area (TPSA) is 59.1 Å². The van der Waals surface area contributed by atoms with E-state index in [1.54, 1.807) is 0 Å².